The van der Waals surface area contributed by atoms with Crippen molar-refractivity contribution in [1.82, 2.24) is 15.2 Å². The number of aromatic amines is 1. The van der Waals surface area contributed by atoms with E-state index in [2.05, 4.69) is 10.3 Å². The van der Waals surface area contributed by atoms with Crippen molar-refractivity contribution in [2.75, 3.05) is 26.2 Å². The molecule has 0 spiro atoms. The summed E-state index contributed by atoms with van der Waals surface area (Å²) in [5.41, 5.74) is 1.21. The van der Waals surface area contributed by atoms with E-state index in [9.17, 15) is 4.79 Å². The minimum Gasteiger partial charge on any atom is -0.367 e. The van der Waals surface area contributed by atoms with E-state index < -0.39 is 0 Å². The van der Waals surface area contributed by atoms with Gasteiger partial charge in [0.1, 0.15) is 0 Å². The molecule has 1 amide bonds. The summed E-state index contributed by atoms with van der Waals surface area (Å²) in [4.78, 5) is 16.9. The minimum atomic E-state index is 0.282. The van der Waals surface area contributed by atoms with Crippen molar-refractivity contribution in [2.24, 2.45) is 0 Å². The van der Waals surface area contributed by atoms with Crippen LogP contribution in [-0.4, -0.2) is 42.0 Å². The van der Waals surface area contributed by atoms with Gasteiger partial charge < -0.3 is 15.2 Å². The smallest absolute Gasteiger partial charge is 0.222 e. The van der Waals surface area contributed by atoms with Crippen LogP contribution in [0.3, 0.4) is 0 Å². The third-order valence-electron chi connectivity index (χ3n) is 2.98. The van der Waals surface area contributed by atoms with Crippen LogP contribution in [0.4, 0.5) is 0 Å². The molecule has 4 heteroatoms. The summed E-state index contributed by atoms with van der Waals surface area (Å²) >= 11 is 0. The molecule has 4 nitrogen and oxygen atoms in total. The fourth-order valence-corrected chi connectivity index (χ4v) is 2.02. The molecular weight excluding hydrogens is 202 g/mol. The molecule has 2 heterocycles. The highest BCUT2D eigenvalue weighted by atomic mass is 16.2. The molecule has 0 radical (unpaired) electrons. The average molecular weight is 221 g/mol. The number of nitrogens with zero attached hydrogens (tertiary/aromatic N) is 1. The Kier molecular flexibility index (Phi) is 3.99. The van der Waals surface area contributed by atoms with Crippen LogP contribution >= 0.6 is 0 Å². The van der Waals surface area contributed by atoms with Gasteiger partial charge in [-0.3, -0.25) is 4.79 Å². The lowest BCUT2D eigenvalue weighted by atomic mass is 10.2. The van der Waals surface area contributed by atoms with Gasteiger partial charge in [0.2, 0.25) is 5.91 Å². The van der Waals surface area contributed by atoms with Gasteiger partial charge in [-0.2, -0.15) is 0 Å². The summed E-state index contributed by atoms with van der Waals surface area (Å²) in [6.07, 6.45) is 6.38. The number of aromatic nitrogens is 1. The first-order valence-corrected chi connectivity index (χ1v) is 5.96. The van der Waals surface area contributed by atoms with Gasteiger partial charge >= 0.3 is 0 Å². The normalized spacial score (nSPS) is 17.1. The number of carbonyl (C=O) groups is 1. The molecule has 1 aliphatic heterocycles. The Morgan fingerprint density at radius 2 is 2.31 bits per heavy atom. The number of hydrogen-bond acceptors (Lipinski definition) is 2. The van der Waals surface area contributed by atoms with Gasteiger partial charge in [0.15, 0.2) is 0 Å². The van der Waals surface area contributed by atoms with E-state index in [1.54, 1.807) is 0 Å². The number of H-pyrrole nitrogens is 1. The van der Waals surface area contributed by atoms with Gasteiger partial charge in [-0.05, 0) is 31.0 Å². The molecule has 88 valence electrons. The van der Waals surface area contributed by atoms with E-state index in [1.807, 2.05) is 23.4 Å². The lowest BCUT2D eigenvalue weighted by Gasteiger charge is -2.19. The van der Waals surface area contributed by atoms with Crippen LogP contribution < -0.4 is 5.32 Å². The largest absolute Gasteiger partial charge is 0.367 e. The Morgan fingerprint density at radius 1 is 1.38 bits per heavy atom. The SMILES string of the molecule is O=C(CCc1cc[nH]c1)N1CCCNCC1. The number of aryl methyl sites for hydroxylation is 1. The van der Waals surface area contributed by atoms with Gasteiger partial charge in [0.05, 0.1) is 0 Å². The molecule has 0 unspecified atom stereocenters. The van der Waals surface area contributed by atoms with Crippen molar-refractivity contribution in [3.8, 4) is 0 Å². The molecule has 2 rings (SSSR count). The fraction of sp³-hybridized carbons (Fsp3) is 0.583. The van der Waals surface area contributed by atoms with Crippen molar-refractivity contribution < 1.29 is 4.79 Å². The number of carbonyl (C=O) groups excluding carboxylic acids is 1. The maximum Gasteiger partial charge on any atom is 0.222 e. The van der Waals surface area contributed by atoms with Crippen molar-refractivity contribution in [3.05, 3.63) is 24.0 Å². The maximum atomic E-state index is 11.9. The first-order valence-electron chi connectivity index (χ1n) is 5.96. The molecular formula is C12H19N3O. The summed E-state index contributed by atoms with van der Waals surface area (Å²) in [7, 11) is 0. The molecule has 2 N–H and O–H groups in total. The van der Waals surface area contributed by atoms with E-state index in [0.29, 0.717) is 6.42 Å². The maximum absolute atomic E-state index is 11.9. The number of amides is 1. The summed E-state index contributed by atoms with van der Waals surface area (Å²) in [5.74, 6) is 0.282. The monoisotopic (exact) mass is 221 g/mol. The number of hydrogen-bond donors (Lipinski definition) is 2. The molecule has 0 atom stereocenters. The molecule has 1 aliphatic rings. The molecule has 1 saturated heterocycles. The van der Waals surface area contributed by atoms with Crippen molar-refractivity contribution in [2.45, 2.75) is 19.3 Å². The zero-order valence-corrected chi connectivity index (χ0v) is 9.54. The van der Waals surface area contributed by atoms with Crippen molar-refractivity contribution in [3.63, 3.8) is 0 Å². The van der Waals surface area contributed by atoms with Gasteiger partial charge in [0.25, 0.3) is 0 Å². The lowest BCUT2D eigenvalue weighted by Crippen LogP contribution is -2.34. The lowest BCUT2D eigenvalue weighted by molar-refractivity contribution is -0.130. The summed E-state index contributed by atoms with van der Waals surface area (Å²) in [6.45, 7) is 3.71. The Hall–Kier alpha value is -1.29. The topological polar surface area (TPSA) is 48.1 Å². The number of nitrogens with one attached hydrogen (secondary N) is 2. The van der Waals surface area contributed by atoms with Crippen LogP contribution in [-0.2, 0) is 11.2 Å². The van der Waals surface area contributed by atoms with Crippen LogP contribution in [0.15, 0.2) is 18.5 Å². The molecule has 0 aliphatic carbocycles. The molecule has 1 fully saturated rings. The molecule has 1 aromatic rings. The first-order chi connectivity index (χ1) is 7.86. The predicted octanol–water partition coefficient (Wildman–Crippen LogP) is 0.769. The van der Waals surface area contributed by atoms with Crippen molar-refractivity contribution in [1.29, 1.82) is 0 Å². The zero-order valence-electron chi connectivity index (χ0n) is 9.54. The first kappa shape index (κ1) is 11.2. The number of rotatable bonds is 3. The van der Waals surface area contributed by atoms with Crippen LogP contribution in [0.1, 0.15) is 18.4 Å². The minimum absolute atomic E-state index is 0.282. The Labute approximate surface area is 96.0 Å². The Bertz CT molecular complexity index is 313. The van der Waals surface area contributed by atoms with E-state index in [0.717, 1.165) is 39.0 Å². The molecule has 0 bridgehead atoms. The predicted molar refractivity (Wildman–Crippen MR) is 63.2 cm³/mol. The van der Waals surface area contributed by atoms with E-state index in [1.165, 1.54) is 5.56 Å². The summed E-state index contributed by atoms with van der Waals surface area (Å²) < 4.78 is 0. The fourth-order valence-electron chi connectivity index (χ4n) is 2.02. The van der Waals surface area contributed by atoms with Crippen LogP contribution in [0, 0.1) is 0 Å². The van der Waals surface area contributed by atoms with Gasteiger partial charge in [0, 0.05) is 38.4 Å². The third kappa shape index (κ3) is 3.10. The Balaban J connectivity index is 1.78. The zero-order chi connectivity index (χ0) is 11.2. The third-order valence-corrected chi connectivity index (χ3v) is 2.98. The van der Waals surface area contributed by atoms with Crippen molar-refractivity contribution >= 4 is 5.91 Å². The van der Waals surface area contributed by atoms with Gasteiger partial charge in [-0.15, -0.1) is 0 Å². The second kappa shape index (κ2) is 5.70. The van der Waals surface area contributed by atoms with Crippen LogP contribution in [0.25, 0.3) is 0 Å². The average Bonchev–Trinajstić information content (AvgIpc) is 2.66. The molecule has 16 heavy (non-hydrogen) atoms. The molecule has 1 aromatic heterocycles. The second-order valence-corrected chi connectivity index (χ2v) is 4.20. The van der Waals surface area contributed by atoms with E-state index in [4.69, 9.17) is 0 Å². The highest BCUT2D eigenvalue weighted by Crippen LogP contribution is 2.05. The molecule has 0 aromatic carbocycles. The van der Waals surface area contributed by atoms with E-state index in [-0.39, 0.29) is 5.91 Å². The summed E-state index contributed by atoms with van der Waals surface area (Å²) in [5, 5.41) is 3.30. The van der Waals surface area contributed by atoms with Crippen LogP contribution in [0.2, 0.25) is 0 Å². The molecule has 0 saturated carbocycles. The quantitative estimate of drug-likeness (QED) is 0.792. The highest BCUT2D eigenvalue weighted by molar-refractivity contribution is 5.76. The van der Waals surface area contributed by atoms with Crippen LogP contribution in [0.5, 0.6) is 0 Å². The second-order valence-electron chi connectivity index (χ2n) is 4.20. The Morgan fingerprint density at radius 3 is 3.12 bits per heavy atom. The van der Waals surface area contributed by atoms with Gasteiger partial charge in [-0.1, -0.05) is 0 Å². The highest BCUT2D eigenvalue weighted by Gasteiger charge is 2.14. The van der Waals surface area contributed by atoms with E-state index >= 15 is 0 Å². The standard InChI is InChI=1S/C12H19N3O/c16-12(3-2-11-4-6-14-10-11)15-8-1-5-13-7-9-15/h4,6,10,13-14H,1-3,5,7-9H2. The van der Waals surface area contributed by atoms with Gasteiger partial charge in [-0.25, -0.2) is 0 Å². The summed E-state index contributed by atoms with van der Waals surface area (Å²) in [6, 6.07) is 2.03.